The van der Waals surface area contributed by atoms with Crippen LogP contribution in [0.2, 0.25) is 0 Å². The average Bonchev–Trinajstić information content (AvgIpc) is 3.13. The molecule has 0 bridgehead atoms. The Morgan fingerprint density at radius 1 is 1.32 bits per heavy atom. The number of rotatable bonds is 4. The topological polar surface area (TPSA) is 85.6 Å². The Morgan fingerprint density at radius 3 is 2.68 bits per heavy atom. The second-order valence-corrected chi connectivity index (χ2v) is 5.69. The van der Waals surface area contributed by atoms with E-state index >= 15 is 0 Å². The number of aryl methyl sites for hydroxylation is 2. The summed E-state index contributed by atoms with van der Waals surface area (Å²) < 4.78 is 0. The number of aromatic nitrogens is 5. The van der Waals surface area contributed by atoms with Gasteiger partial charge >= 0.3 is 0 Å². The predicted octanol–water partition coefficient (Wildman–Crippen LogP) is 1.57. The van der Waals surface area contributed by atoms with Gasteiger partial charge in [-0.3, -0.25) is 4.79 Å². The first-order valence-corrected chi connectivity index (χ1v) is 7.53. The van der Waals surface area contributed by atoms with Crippen LogP contribution in [0.15, 0.2) is 29.6 Å². The van der Waals surface area contributed by atoms with E-state index in [9.17, 15) is 4.79 Å². The van der Waals surface area contributed by atoms with Gasteiger partial charge in [-0.05, 0) is 24.3 Å². The van der Waals surface area contributed by atoms with Crippen LogP contribution in [0.3, 0.4) is 0 Å². The van der Waals surface area contributed by atoms with Crippen LogP contribution in [0.1, 0.15) is 21.1 Å². The van der Waals surface area contributed by atoms with Gasteiger partial charge in [0.05, 0.1) is 13.6 Å². The van der Waals surface area contributed by atoms with Crippen LogP contribution >= 0.6 is 11.3 Å². The van der Waals surface area contributed by atoms with Crippen LogP contribution in [-0.2, 0) is 13.6 Å². The summed E-state index contributed by atoms with van der Waals surface area (Å²) in [6, 6.07) is 7.10. The summed E-state index contributed by atoms with van der Waals surface area (Å²) in [5, 5.41) is 17.6. The van der Waals surface area contributed by atoms with Gasteiger partial charge < -0.3 is 5.32 Å². The molecule has 2 heterocycles. The van der Waals surface area contributed by atoms with E-state index in [0.29, 0.717) is 17.9 Å². The highest BCUT2D eigenvalue weighted by molar-refractivity contribution is 7.09. The summed E-state index contributed by atoms with van der Waals surface area (Å²) in [6.07, 6.45) is 0. The van der Waals surface area contributed by atoms with E-state index in [1.165, 1.54) is 16.1 Å². The van der Waals surface area contributed by atoms with Crippen molar-refractivity contribution < 1.29 is 4.79 Å². The van der Waals surface area contributed by atoms with E-state index in [1.54, 1.807) is 31.3 Å². The third-order valence-corrected chi connectivity index (χ3v) is 3.95. The molecule has 0 saturated carbocycles. The molecular formula is C14H14N6OS. The molecule has 0 fully saturated rings. The van der Waals surface area contributed by atoms with Crippen LogP contribution in [-0.4, -0.2) is 31.1 Å². The zero-order chi connectivity index (χ0) is 15.5. The van der Waals surface area contributed by atoms with E-state index in [-0.39, 0.29) is 5.91 Å². The van der Waals surface area contributed by atoms with Crippen molar-refractivity contribution in [2.24, 2.45) is 7.05 Å². The maximum Gasteiger partial charge on any atom is 0.251 e. The highest BCUT2D eigenvalue weighted by atomic mass is 32.1. The Kier molecular flexibility index (Phi) is 3.92. The van der Waals surface area contributed by atoms with Crippen LogP contribution in [0, 0.1) is 6.92 Å². The summed E-state index contributed by atoms with van der Waals surface area (Å²) in [5.41, 5.74) is 2.37. The predicted molar refractivity (Wildman–Crippen MR) is 82.3 cm³/mol. The van der Waals surface area contributed by atoms with Crippen molar-refractivity contribution in [3.8, 4) is 11.4 Å². The van der Waals surface area contributed by atoms with Crippen LogP contribution in [0.5, 0.6) is 0 Å². The zero-order valence-electron chi connectivity index (χ0n) is 12.1. The summed E-state index contributed by atoms with van der Waals surface area (Å²) >= 11 is 1.54. The van der Waals surface area contributed by atoms with Crippen molar-refractivity contribution in [1.29, 1.82) is 0 Å². The molecule has 0 aliphatic carbocycles. The van der Waals surface area contributed by atoms with E-state index in [0.717, 1.165) is 16.3 Å². The van der Waals surface area contributed by atoms with Gasteiger partial charge in [-0.25, -0.2) is 4.98 Å². The molecular weight excluding hydrogens is 300 g/mol. The number of nitrogens with one attached hydrogen (secondary N) is 1. The summed E-state index contributed by atoms with van der Waals surface area (Å²) in [6.45, 7) is 2.37. The van der Waals surface area contributed by atoms with E-state index in [1.807, 2.05) is 12.3 Å². The molecule has 0 aliphatic heterocycles. The van der Waals surface area contributed by atoms with Gasteiger partial charge in [-0.2, -0.15) is 4.80 Å². The molecule has 2 aromatic heterocycles. The molecule has 1 N–H and O–H groups in total. The third kappa shape index (κ3) is 3.17. The molecule has 0 radical (unpaired) electrons. The lowest BCUT2D eigenvalue weighted by Gasteiger charge is -2.03. The Morgan fingerprint density at radius 2 is 2.09 bits per heavy atom. The first-order chi connectivity index (χ1) is 10.6. The van der Waals surface area contributed by atoms with Gasteiger partial charge in [-0.1, -0.05) is 12.1 Å². The van der Waals surface area contributed by atoms with Crippen molar-refractivity contribution in [2.45, 2.75) is 13.5 Å². The van der Waals surface area contributed by atoms with Crippen molar-refractivity contribution in [3.63, 3.8) is 0 Å². The number of benzene rings is 1. The molecule has 0 aliphatic rings. The molecule has 0 spiro atoms. The minimum Gasteiger partial charge on any atom is -0.346 e. The highest BCUT2D eigenvalue weighted by Gasteiger charge is 2.09. The molecule has 0 saturated heterocycles. The molecule has 1 aromatic carbocycles. The number of nitrogens with zero attached hydrogens (tertiary/aromatic N) is 5. The molecule has 0 unspecified atom stereocenters. The summed E-state index contributed by atoms with van der Waals surface area (Å²) in [7, 11) is 1.71. The highest BCUT2D eigenvalue weighted by Crippen LogP contribution is 2.14. The van der Waals surface area contributed by atoms with Gasteiger partial charge in [0.25, 0.3) is 5.91 Å². The first-order valence-electron chi connectivity index (χ1n) is 6.65. The molecule has 3 rings (SSSR count). The van der Waals surface area contributed by atoms with Gasteiger partial charge in [-0.15, -0.1) is 21.5 Å². The molecule has 112 valence electrons. The fourth-order valence-electron chi connectivity index (χ4n) is 1.91. The first kappa shape index (κ1) is 14.3. The van der Waals surface area contributed by atoms with Crippen molar-refractivity contribution in [3.05, 3.63) is 45.9 Å². The number of hydrogen-bond donors (Lipinski definition) is 1. The molecule has 8 heteroatoms. The fraction of sp³-hybridized carbons (Fsp3) is 0.214. The number of carbonyl (C=O) groups is 1. The monoisotopic (exact) mass is 314 g/mol. The Hall–Kier alpha value is -2.61. The minimum absolute atomic E-state index is 0.133. The molecule has 22 heavy (non-hydrogen) atoms. The standard InChI is InChI=1S/C14H14N6OS/c1-9-8-22-12(16-9)7-15-14(21)11-5-3-10(4-6-11)13-17-19-20(2)18-13/h3-6,8H,7H2,1-2H3,(H,15,21). The molecule has 3 aromatic rings. The minimum atomic E-state index is -0.133. The van der Waals surface area contributed by atoms with Crippen LogP contribution < -0.4 is 5.32 Å². The van der Waals surface area contributed by atoms with Crippen molar-refractivity contribution >= 4 is 17.2 Å². The lowest BCUT2D eigenvalue weighted by molar-refractivity contribution is 0.0951. The second kappa shape index (κ2) is 6.02. The third-order valence-electron chi connectivity index (χ3n) is 2.98. The number of hydrogen-bond acceptors (Lipinski definition) is 6. The lowest BCUT2D eigenvalue weighted by Crippen LogP contribution is -2.22. The van der Waals surface area contributed by atoms with E-state index < -0.39 is 0 Å². The van der Waals surface area contributed by atoms with Gasteiger partial charge in [0.15, 0.2) is 0 Å². The number of amides is 1. The fourth-order valence-corrected chi connectivity index (χ4v) is 2.62. The number of carbonyl (C=O) groups excluding carboxylic acids is 1. The quantitative estimate of drug-likeness (QED) is 0.790. The second-order valence-electron chi connectivity index (χ2n) is 4.75. The van der Waals surface area contributed by atoms with Gasteiger partial charge in [0.1, 0.15) is 5.01 Å². The van der Waals surface area contributed by atoms with Gasteiger partial charge in [0.2, 0.25) is 5.82 Å². The lowest BCUT2D eigenvalue weighted by atomic mass is 10.1. The van der Waals surface area contributed by atoms with Crippen LogP contribution in [0.25, 0.3) is 11.4 Å². The number of tetrazole rings is 1. The smallest absolute Gasteiger partial charge is 0.251 e. The average molecular weight is 314 g/mol. The summed E-state index contributed by atoms with van der Waals surface area (Å²) in [5.74, 6) is 0.402. The SMILES string of the molecule is Cc1csc(CNC(=O)c2ccc(-c3nnn(C)n3)cc2)n1. The molecule has 0 atom stereocenters. The Balaban J connectivity index is 1.65. The zero-order valence-corrected chi connectivity index (χ0v) is 13.0. The summed E-state index contributed by atoms with van der Waals surface area (Å²) in [4.78, 5) is 17.8. The normalized spacial score (nSPS) is 10.6. The van der Waals surface area contributed by atoms with Gasteiger partial charge in [0, 0.05) is 22.2 Å². The van der Waals surface area contributed by atoms with E-state index in [2.05, 4.69) is 25.7 Å². The largest absolute Gasteiger partial charge is 0.346 e. The van der Waals surface area contributed by atoms with Crippen LogP contribution in [0.4, 0.5) is 0 Å². The maximum absolute atomic E-state index is 12.1. The molecule has 7 nitrogen and oxygen atoms in total. The van der Waals surface area contributed by atoms with E-state index in [4.69, 9.17) is 0 Å². The Labute approximate surface area is 131 Å². The Bertz CT molecular complexity index is 792. The van der Waals surface area contributed by atoms with Crippen molar-refractivity contribution in [2.75, 3.05) is 0 Å². The van der Waals surface area contributed by atoms with Crippen molar-refractivity contribution in [1.82, 2.24) is 30.5 Å². The maximum atomic E-state index is 12.1. The molecule has 1 amide bonds. The number of thiazole rings is 1.